The largest absolute Gasteiger partial charge is 0.489 e. The van der Waals surface area contributed by atoms with Crippen molar-refractivity contribution in [1.29, 1.82) is 0 Å². The van der Waals surface area contributed by atoms with Crippen LogP contribution in [0.3, 0.4) is 0 Å². The number of aromatic nitrogens is 1. The molecule has 0 spiro atoms. The highest BCUT2D eigenvalue weighted by Gasteiger charge is 2.13. The van der Waals surface area contributed by atoms with Crippen LogP contribution in [0.5, 0.6) is 5.75 Å². The van der Waals surface area contributed by atoms with Crippen LogP contribution in [0.15, 0.2) is 53.1 Å². The van der Waals surface area contributed by atoms with Crippen LogP contribution in [-0.2, 0) is 11.3 Å². The lowest BCUT2D eigenvalue weighted by Gasteiger charge is -2.07. The smallest absolute Gasteiger partial charge is 0.338 e. The van der Waals surface area contributed by atoms with Gasteiger partial charge in [0.1, 0.15) is 23.9 Å². The molecule has 0 unspecified atom stereocenters. The molecule has 7 heteroatoms. The van der Waals surface area contributed by atoms with E-state index in [9.17, 15) is 14.0 Å². The molecule has 0 atom stereocenters. The number of ketones is 1. The third-order valence-corrected chi connectivity index (χ3v) is 4.15. The van der Waals surface area contributed by atoms with Crippen LogP contribution in [0.4, 0.5) is 4.39 Å². The first-order chi connectivity index (χ1) is 13.4. The van der Waals surface area contributed by atoms with E-state index in [4.69, 9.17) is 14.0 Å². The topological polar surface area (TPSA) is 78.6 Å². The number of ether oxygens (including phenoxy) is 2. The fourth-order valence-corrected chi connectivity index (χ4v) is 2.48. The molecule has 0 aliphatic rings. The summed E-state index contributed by atoms with van der Waals surface area (Å²) in [6, 6.07) is 11.4. The number of rotatable bonds is 7. The Bertz CT molecular complexity index is 958. The zero-order valence-corrected chi connectivity index (χ0v) is 15.4. The number of nitrogens with zero attached hydrogens (tertiary/aromatic N) is 1. The Labute approximate surface area is 160 Å². The Morgan fingerprint density at radius 3 is 2.25 bits per heavy atom. The average Bonchev–Trinajstić information content (AvgIpc) is 3.02. The second-order valence-corrected chi connectivity index (χ2v) is 6.12. The van der Waals surface area contributed by atoms with Gasteiger partial charge in [0, 0.05) is 5.56 Å². The van der Waals surface area contributed by atoms with Crippen LogP contribution >= 0.6 is 0 Å². The summed E-state index contributed by atoms with van der Waals surface area (Å²) < 4.78 is 28.7. The van der Waals surface area contributed by atoms with Gasteiger partial charge >= 0.3 is 5.97 Å². The van der Waals surface area contributed by atoms with E-state index in [1.807, 2.05) is 13.8 Å². The molecular weight excluding hydrogens is 365 g/mol. The highest BCUT2D eigenvalue weighted by atomic mass is 19.1. The standard InChI is InChI=1S/C21H18FNO5/c1-13-19(14(2)28-23-13)11-26-18-9-5-16(6-10-18)21(25)27-12-20(24)15-3-7-17(22)8-4-15/h3-10H,11-12H2,1-2H3. The summed E-state index contributed by atoms with van der Waals surface area (Å²) in [6.07, 6.45) is 0. The zero-order chi connectivity index (χ0) is 20.1. The maximum atomic E-state index is 12.9. The summed E-state index contributed by atoms with van der Waals surface area (Å²) in [7, 11) is 0. The first kappa shape index (κ1) is 19.3. The van der Waals surface area contributed by atoms with Crippen molar-refractivity contribution >= 4 is 11.8 Å². The minimum Gasteiger partial charge on any atom is -0.489 e. The molecule has 3 rings (SSSR count). The molecule has 3 aromatic rings. The van der Waals surface area contributed by atoms with Gasteiger partial charge < -0.3 is 14.0 Å². The molecule has 0 saturated heterocycles. The second-order valence-electron chi connectivity index (χ2n) is 6.12. The van der Waals surface area contributed by atoms with Crippen molar-refractivity contribution in [3.8, 4) is 5.75 Å². The van der Waals surface area contributed by atoms with Gasteiger partial charge in [0.15, 0.2) is 12.4 Å². The van der Waals surface area contributed by atoms with Crippen molar-refractivity contribution in [1.82, 2.24) is 5.16 Å². The van der Waals surface area contributed by atoms with Crippen LogP contribution in [0.25, 0.3) is 0 Å². The summed E-state index contributed by atoms with van der Waals surface area (Å²) in [4.78, 5) is 24.0. The SMILES string of the molecule is Cc1noc(C)c1COc1ccc(C(=O)OCC(=O)c2ccc(F)cc2)cc1. The zero-order valence-electron chi connectivity index (χ0n) is 15.4. The molecule has 0 radical (unpaired) electrons. The number of aryl methyl sites for hydroxylation is 2. The van der Waals surface area contributed by atoms with Crippen molar-refractivity contribution in [3.63, 3.8) is 0 Å². The fourth-order valence-electron chi connectivity index (χ4n) is 2.48. The van der Waals surface area contributed by atoms with Crippen molar-refractivity contribution in [2.75, 3.05) is 6.61 Å². The van der Waals surface area contributed by atoms with Crippen molar-refractivity contribution < 1.29 is 28.0 Å². The molecule has 0 aliphatic carbocycles. The summed E-state index contributed by atoms with van der Waals surface area (Å²) in [5.41, 5.74) is 2.21. The summed E-state index contributed by atoms with van der Waals surface area (Å²) in [5.74, 6) is -0.215. The molecule has 0 fully saturated rings. The number of hydrogen-bond acceptors (Lipinski definition) is 6. The predicted molar refractivity (Wildman–Crippen MR) is 97.8 cm³/mol. The highest BCUT2D eigenvalue weighted by molar-refractivity contribution is 5.99. The van der Waals surface area contributed by atoms with Crippen LogP contribution in [0.2, 0.25) is 0 Å². The van der Waals surface area contributed by atoms with Crippen LogP contribution in [0.1, 0.15) is 37.7 Å². The molecular formula is C21H18FNO5. The summed E-state index contributed by atoms with van der Waals surface area (Å²) in [5, 5.41) is 3.86. The molecule has 0 amide bonds. The lowest BCUT2D eigenvalue weighted by Crippen LogP contribution is -2.14. The Hall–Kier alpha value is -3.48. The van der Waals surface area contributed by atoms with E-state index in [-0.39, 0.29) is 11.1 Å². The van der Waals surface area contributed by atoms with Gasteiger partial charge in [0.2, 0.25) is 0 Å². The monoisotopic (exact) mass is 383 g/mol. The molecule has 144 valence electrons. The molecule has 2 aromatic carbocycles. The van der Waals surface area contributed by atoms with E-state index in [1.54, 1.807) is 24.3 Å². The van der Waals surface area contributed by atoms with Gasteiger partial charge in [-0.1, -0.05) is 5.16 Å². The van der Waals surface area contributed by atoms with Crippen molar-refractivity contribution in [2.24, 2.45) is 0 Å². The number of Topliss-reactive ketones (excluding diaryl/α,β-unsaturated/α-hetero) is 1. The summed E-state index contributed by atoms with van der Waals surface area (Å²) >= 11 is 0. The Kier molecular flexibility index (Phi) is 5.84. The number of hydrogen-bond donors (Lipinski definition) is 0. The number of benzene rings is 2. The Morgan fingerprint density at radius 1 is 1.00 bits per heavy atom. The molecule has 6 nitrogen and oxygen atoms in total. The van der Waals surface area contributed by atoms with E-state index in [0.29, 0.717) is 18.1 Å². The molecule has 0 N–H and O–H groups in total. The molecule has 0 saturated carbocycles. The lowest BCUT2D eigenvalue weighted by atomic mass is 10.1. The first-order valence-corrected chi connectivity index (χ1v) is 8.54. The van der Waals surface area contributed by atoms with Gasteiger partial charge in [0.25, 0.3) is 0 Å². The normalized spacial score (nSPS) is 10.5. The van der Waals surface area contributed by atoms with Crippen molar-refractivity contribution in [3.05, 3.63) is 82.5 Å². The fraction of sp³-hybridized carbons (Fsp3) is 0.190. The number of carbonyl (C=O) groups excluding carboxylic acids is 2. The number of carbonyl (C=O) groups is 2. The van der Waals surface area contributed by atoms with E-state index in [0.717, 1.165) is 11.3 Å². The maximum absolute atomic E-state index is 12.9. The van der Waals surface area contributed by atoms with E-state index in [2.05, 4.69) is 5.16 Å². The minimum absolute atomic E-state index is 0.275. The van der Waals surface area contributed by atoms with Gasteiger partial charge in [0.05, 0.1) is 16.8 Å². The van der Waals surface area contributed by atoms with Crippen LogP contribution < -0.4 is 4.74 Å². The highest BCUT2D eigenvalue weighted by Crippen LogP contribution is 2.18. The second kappa shape index (κ2) is 8.47. The van der Waals surface area contributed by atoms with Crippen LogP contribution in [0, 0.1) is 19.7 Å². The minimum atomic E-state index is -0.632. The average molecular weight is 383 g/mol. The molecule has 1 aromatic heterocycles. The van der Waals surface area contributed by atoms with Gasteiger partial charge in [-0.15, -0.1) is 0 Å². The van der Waals surface area contributed by atoms with E-state index in [1.165, 1.54) is 24.3 Å². The quantitative estimate of drug-likeness (QED) is 0.452. The maximum Gasteiger partial charge on any atom is 0.338 e. The van der Waals surface area contributed by atoms with E-state index >= 15 is 0 Å². The molecule has 0 aliphatic heterocycles. The van der Waals surface area contributed by atoms with Gasteiger partial charge in [-0.2, -0.15) is 0 Å². The number of esters is 1. The van der Waals surface area contributed by atoms with Gasteiger partial charge in [-0.3, -0.25) is 4.79 Å². The van der Waals surface area contributed by atoms with Crippen molar-refractivity contribution in [2.45, 2.75) is 20.5 Å². The first-order valence-electron chi connectivity index (χ1n) is 8.54. The molecule has 28 heavy (non-hydrogen) atoms. The third-order valence-electron chi connectivity index (χ3n) is 4.15. The Balaban J connectivity index is 1.53. The third kappa shape index (κ3) is 4.62. The lowest BCUT2D eigenvalue weighted by molar-refractivity contribution is 0.0474. The van der Waals surface area contributed by atoms with Crippen LogP contribution in [-0.4, -0.2) is 23.5 Å². The predicted octanol–water partition coefficient (Wildman–Crippen LogP) is 4.05. The number of halogens is 1. The van der Waals surface area contributed by atoms with Gasteiger partial charge in [-0.05, 0) is 62.4 Å². The van der Waals surface area contributed by atoms with E-state index < -0.39 is 24.2 Å². The molecule has 1 heterocycles. The Morgan fingerprint density at radius 2 is 1.64 bits per heavy atom. The molecule has 0 bridgehead atoms. The van der Waals surface area contributed by atoms with Gasteiger partial charge in [-0.25, -0.2) is 9.18 Å². The summed E-state index contributed by atoms with van der Waals surface area (Å²) in [6.45, 7) is 3.53.